The van der Waals surface area contributed by atoms with Gasteiger partial charge in [-0.15, -0.1) is 0 Å². The van der Waals surface area contributed by atoms with Crippen LogP contribution in [0.4, 0.5) is 0 Å². The molecule has 22 heavy (non-hydrogen) atoms. The Morgan fingerprint density at radius 3 is 1.50 bits per heavy atom. The molecule has 1 fully saturated rings. The zero-order valence-electron chi connectivity index (χ0n) is 16.2. The predicted molar refractivity (Wildman–Crippen MR) is 101 cm³/mol. The molecule has 0 unspecified atom stereocenters. The summed E-state index contributed by atoms with van der Waals surface area (Å²) in [6.45, 7) is 12.0. The van der Waals surface area contributed by atoms with Gasteiger partial charge in [0.1, 0.15) is 0 Å². The van der Waals surface area contributed by atoms with E-state index in [1.807, 2.05) is 0 Å². The van der Waals surface area contributed by atoms with E-state index in [0.717, 1.165) is 17.8 Å². The van der Waals surface area contributed by atoms with E-state index in [1.54, 1.807) is 11.1 Å². The molecule has 1 aliphatic carbocycles. The third-order valence-electron chi connectivity index (χ3n) is 6.10. The maximum atomic E-state index is 2.46. The van der Waals surface area contributed by atoms with Crippen LogP contribution in [0.15, 0.2) is 11.1 Å². The molecule has 0 aromatic heterocycles. The van der Waals surface area contributed by atoms with E-state index in [-0.39, 0.29) is 0 Å². The van der Waals surface area contributed by atoms with Crippen LogP contribution in [-0.4, -0.2) is 0 Å². The normalized spacial score (nSPS) is 28.1. The number of hydrogen-bond donors (Lipinski definition) is 0. The Balaban J connectivity index is 2.56. The molecule has 0 heterocycles. The molecule has 1 aliphatic rings. The lowest BCUT2D eigenvalue weighted by molar-refractivity contribution is 0.402. The fraction of sp³-hybridized carbons (Fsp3) is 0.909. The Morgan fingerprint density at radius 1 is 0.682 bits per heavy atom. The average Bonchev–Trinajstić information content (AvgIpc) is 2.49. The smallest absolute Gasteiger partial charge is 0.0203 e. The second-order valence-corrected chi connectivity index (χ2v) is 8.31. The molecule has 0 nitrogen and oxygen atoms in total. The summed E-state index contributed by atoms with van der Waals surface area (Å²) in [6, 6.07) is 0. The van der Waals surface area contributed by atoms with E-state index in [4.69, 9.17) is 0 Å². The first-order valence-electron chi connectivity index (χ1n) is 10.2. The molecular formula is C22H42. The number of rotatable bonds is 2. The molecule has 0 N–H and O–H groups in total. The van der Waals surface area contributed by atoms with Crippen molar-refractivity contribution in [3.8, 4) is 0 Å². The summed E-state index contributed by atoms with van der Waals surface area (Å²) in [5, 5.41) is 0. The van der Waals surface area contributed by atoms with E-state index in [0.29, 0.717) is 0 Å². The Kier molecular flexibility index (Phi) is 10.2. The standard InChI is InChI=1S/C22H42/c1-18(2)20(4)21(5)22-16-12-8-6-10-14-19(3)15-11-7-9-13-17-22/h18-19,22H,6-17H2,1-5H3. The third kappa shape index (κ3) is 7.84. The van der Waals surface area contributed by atoms with Crippen molar-refractivity contribution in [2.24, 2.45) is 17.8 Å². The summed E-state index contributed by atoms with van der Waals surface area (Å²) in [5.41, 5.74) is 3.37. The van der Waals surface area contributed by atoms with E-state index in [1.165, 1.54) is 77.0 Å². The van der Waals surface area contributed by atoms with Gasteiger partial charge in [-0.05, 0) is 44.4 Å². The molecule has 0 aromatic rings. The molecule has 0 radical (unpaired) electrons. The molecule has 0 saturated heterocycles. The summed E-state index contributed by atoms with van der Waals surface area (Å²) in [7, 11) is 0. The van der Waals surface area contributed by atoms with Crippen LogP contribution in [0.1, 0.15) is 112 Å². The monoisotopic (exact) mass is 306 g/mol. The van der Waals surface area contributed by atoms with Crippen molar-refractivity contribution in [3.05, 3.63) is 11.1 Å². The highest BCUT2D eigenvalue weighted by molar-refractivity contribution is 5.14. The maximum Gasteiger partial charge on any atom is -0.0203 e. The van der Waals surface area contributed by atoms with Gasteiger partial charge in [0.15, 0.2) is 0 Å². The van der Waals surface area contributed by atoms with Gasteiger partial charge < -0.3 is 0 Å². The van der Waals surface area contributed by atoms with E-state index < -0.39 is 0 Å². The van der Waals surface area contributed by atoms with Crippen LogP contribution < -0.4 is 0 Å². The van der Waals surface area contributed by atoms with Gasteiger partial charge in [0, 0.05) is 0 Å². The summed E-state index contributed by atoms with van der Waals surface area (Å²) in [4.78, 5) is 0. The van der Waals surface area contributed by atoms with Gasteiger partial charge in [-0.2, -0.15) is 0 Å². The number of hydrogen-bond acceptors (Lipinski definition) is 0. The zero-order chi connectivity index (χ0) is 16.4. The fourth-order valence-corrected chi connectivity index (χ4v) is 3.97. The van der Waals surface area contributed by atoms with Gasteiger partial charge >= 0.3 is 0 Å². The fourth-order valence-electron chi connectivity index (χ4n) is 3.97. The van der Waals surface area contributed by atoms with E-state index >= 15 is 0 Å². The largest absolute Gasteiger partial charge is 0.0716 e. The first-order valence-corrected chi connectivity index (χ1v) is 10.2. The van der Waals surface area contributed by atoms with Crippen LogP contribution in [0.5, 0.6) is 0 Å². The first kappa shape index (κ1) is 19.8. The minimum absolute atomic E-state index is 0.717. The van der Waals surface area contributed by atoms with Crippen LogP contribution in [0, 0.1) is 17.8 Å². The summed E-state index contributed by atoms with van der Waals surface area (Å²) in [6.07, 6.45) is 17.5. The molecule has 1 saturated carbocycles. The van der Waals surface area contributed by atoms with Gasteiger partial charge in [0.05, 0.1) is 0 Å². The van der Waals surface area contributed by atoms with E-state index in [9.17, 15) is 0 Å². The van der Waals surface area contributed by atoms with Crippen molar-refractivity contribution in [2.45, 2.75) is 112 Å². The highest BCUT2D eigenvalue weighted by Crippen LogP contribution is 2.30. The van der Waals surface area contributed by atoms with Crippen LogP contribution in [0.25, 0.3) is 0 Å². The van der Waals surface area contributed by atoms with E-state index in [2.05, 4.69) is 34.6 Å². The molecule has 0 bridgehead atoms. The average molecular weight is 307 g/mol. The Hall–Kier alpha value is -0.260. The summed E-state index contributed by atoms with van der Waals surface area (Å²) >= 11 is 0. The Bertz CT molecular complexity index is 294. The maximum absolute atomic E-state index is 2.46. The van der Waals surface area contributed by atoms with Gasteiger partial charge in [-0.1, -0.05) is 96.1 Å². The highest BCUT2D eigenvalue weighted by Gasteiger charge is 2.14. The second kappa shape index (κ2) is 11.3. The molecule has 0 amide bonds. The summed E-state index contributed by atoms with van der Waals surface area (Å²) in [5.74, 6) is 2.55. The zero-order valence-corrected chi connectivity index (χ0v) is 16.2. The van der Waals surface area contributed by atoms with Crippen LogP contribution in [0.2, 0.25) is 0 Å². The minimum Gasteiger partial charge on any atom is -0.0716 e. The SMILES string of the molecule is CC(=C(C)C1CCCCCCC(C)CCCCCC1)C(C)C. The Labute approximate surface area is 141 Å². The Morgan fingerprint density at radius 2 is 1.09 bits per heavy atom. The van der Waals surface area contributed by atoms with Crippen molar-refractivity contribution in [1.29, 1.82) is 0 Å². The lowest BCUT2D eigenvalue weighted by atomic mass is 9.83. The van der Waals surface area contributed by atoms with Crippen LogP contribution >= 0.6 is 0 Å². The molecule has 0 aliphatic heterocycles. The third-order valence-corrected chi connectivity index (χ3v) is 6.10. The van der Waals surface area contributed by atoms with Gasteiger partial charge in [-0.25, -0.2) is 0 Å². The van der Waals surface area contributed by atoms with Crippen molar-refractivity contribution in [1.82, 2.24) is 0 Å². The molecule has 0 spiro atoms. The molecule has 130 valence electrons. The molecular weight excluding hydrogens is 264 g/mol. The quantitative estimate of drug-likeness (QED) is 0.454. The van der Waals surface area contributed by atoms with Crippen molar-refractivity contribution in [2.75, 3.05) is 0 Å². The van der Waals surface area contributed by atoms with Gasteiger partial charge in [-0.3, -0.25) is 0 Å². The van der Waals surface area contributed by atoms with Gasteiger partial charge in [0.2, 0.25) is 0 Å². The molecule has 0 atom stereocenters. The molecule has 1 rings (SSSR count). The lowest BCUT2D eigenvalue weighted by Gasteiger charge is -2.22. The first-order chi connectivity index (χ1) is 10.5. The van der Waals surface area contributed by atoms with Gasteiger partial charge in [0.25, 0.3) is 0 Å². The second-order valence-electron chi connectivity index (χ2n) is 8.31. The predicted octanol–water partition coefficient (Wildman–Crippen LogP) is 7.93. The highest BCUT2D eigenvalue weighted by atomic mass is 14.2. The van der Waals surface area contributed by atoms with Crippen molar-refractivity contribution in [3.63, 3.8) is 0 Å². The van der Waals surface area contributed by atoms with Crippen LogP contribution in [-0.2, 0) is 0 Å². The van der Waals surface area contributed by atoms with Crippen molar-refractivity contribution < 1.29 is 0 Å². The van der Waals surface area contributed by atoms with Crippen LogP contribution in [0.3, 0.4) is 0 Å². The topological polar surface area (TPSA) is 0 Å². The molecule has 0 heteroatoms. The lowest BCUT2D eigenvalue weighted by Crippen LogP contribution is -2.07. The summed E-state index contributed by atoms with van der Waals surface area (Å²) < 4.78 is 0. The number of allylic oxidation sites excluding steroid dienone is 2. The molecule has 0 aromatic carbocycles. The minimum atomic E-state index is 0.717. The van der Waals surface area contributed by atoms with Crippen molar-refractivity contribution >= 4 is 0 Å².